The maximum atomic E-state index is 13.4. The SMILES string of the molecule is CNC(=O)Cc1cccc(CNC(=O)c2cnc(OC)c(/C=C/C3CCC(F)(F)CC3)c2)c1. The number of carbonyl (C=O) groups excluding carboxylic acids is 2. The van der Waals surface area contributed by atoms with E-state index < -0.39 is 5.92 Å². The minimum atomic E-state index is -2.57. The Bertz CT molecular complexity index is 1010. The van der Waals surface area contributed by atoms with E-state index >= 15 is 0 Å². The molecular weight excluding hydrogens is 428 g/mol. The lowest BCUT2D eigenvalue weighted by atomic mass is 9.86. The molecule has 33 heavy (non-hydrogen) atoms. The van der Waals surface area contributed by atoms with Gasteiger partial charge in [-0.3, -0.25) is 9.59 Å². The molecule has 0 aliphatic heterocycles. The van der Waals surface area contributed by atoms with Gasteiger partial charge in [0.2, 0.25) is 17.7 Å². The summed E-state index contributed by atoms with van der Waals surface area (Å²) >= 11 is 0. The lowest BCUT2D eigenvalue weighted by molar-refractivity contribution is -0.119. The monoisotopic (exact) mass is 457 g/mol. The number of allylic oxidation sites excluding steroid dienone is 1. The molecule has 1 aliphatic carbocycles. The molecule has 0 unspecified atom stereocenters. The summed E-state index contributed by atoms with van der Waals surface area (Å²) in [5.74, 6) is -2.51. The van der Waals surface area contributed by atoms with E-state index in [1.54, 1.807) is 19.2 Å². The summed E-state index contributed by atoms with van der Waals surface area (Å²) in [6, 6.07) is 9.14. The summed E-state index contributed by atoms with van der Waals surface area (Å²) in [5, 5.41) is 5.45. The van der Waals surface area contributed by atoms with Gasteiger partial charge in [0.05, 0.1) is 19.1 Å². The van der Waals surface area contributed by atoms with Crippen LogP contribution in [-0.4, -0.2) is 36.9 Å². The number of carbonyl (C=O) groups is 2. The molecule has 8 heteroatoms. The molecule has 6 nitrogen and oxygen atoms in total. The number of amides is 2. The Kier molecular flexibility index (Phi) is 8.14. The molecule has 0 atom stereocenters. The number of likely N-dealkylation sites (N-methyl/N-ethyl adjacent to an activating group) is 1. The summed E-state index contributed by atoms with van der Waals surface area (Å²) in [6.07, 6.45) is 6.04. The molecule has 1 heterocycles. The van der Waals surface area contributed by atoms with E-state index in [9.17, 15) is 18.4 Å². The Balaban J connectivity index is 1.64. The van der Waals surface area contributed by atoms with Crippen LogP contribution in [0.15, 0.2) is 42.6 Å². The molecule has 0 saturated heterocycles. The molecule has 2 aromatic rings. The molecular formula is C25H29F2N3O3. The van der Waals surface area contributed by atoms with Gasteiger partial charge in [0, 0.05) is 38.2 Å². The van der Waals surface area contributed by atoms with E-state index in [2.05, 4.69) is 15.6 Å². The minimum Gasteiger partial charge on any atom is -0.481 e. The fourth-order valence-corrected chi connectivity index (χ4v) is 3.79. The smallest absolute Gasteiger partial charge is 0.253 e. The maximum Gasteiger partial charge on any atom is 0.253 e. The number of rotatable bonds is 8. The topological polar surface area (TPSA) is 80.3 Å². The van der Waals surface area contributed by atoms with Crippen molar-refractivity contribution in [3.8, 4) is 5.88 Å². The Hall–Kier alpha value is -3.29. The highest BCUT2D eigenvalue weighted by molar-refractivity contribution is 5.94. The van der Waals surface area contributed by atoms with Gasteiger partial charge in [0.1, 0.15) is 0 Å². The number of hydrogen-bond acceptors (Lipinski definition) is 4. The Morgan fingerprint density at radius 2 is 1.94 bits per heavy atom. The normalized spacial score (nSPS) is 15.9. The number of alkyl halides is 2. The van der Waals surface area contributed by atoms with Crippen molar-refractivity contribution in [2.75, 3.05) is 14.2 Å². The van der Waals surface area contributed by atoms with Crippen LogP contribution in [-0.2, 0) is 17.8 Å². The van der Waals surface area contributed by atoms with Crippen molar-refractivity contribution in [3.63, 3.8) is 0 Å². The van der Waals surface area contributed by atoms with Crippen LogP contribution in [0.3, 0.4) is 0 Å². The first kappa shape index (κ1) is 24.4. The second-order valence-electron chi connectivity index (χ2n) is 8.23. The molecule has 0 spiro atoms. The fourth-order valence-electron chi connectivity index (χ4n) is 3.79. The van der Waals surface area contributed by atoms with Crippen LogP contribution in [0.25, 0.3) is 6.08 Å². The standard InChI is InChI=1S/C25H29F2N3O3/c1-28-22(31)13-18-4-3-5-19(12-18)15-29-23(32)21-14-20(24(33-2)30-16-21)7-6-17-8-10-25(26,27)11-9-17/h3-7,12,14,16-17H,8-11,13,15H2,1-2H3,(H,28,31)(H,29,32)/b7-6+. The van der Waals surface area contributed by atoms with Crippen molar-refractivity contribution in [1.82, 2.24) is 15.6 Å². The van der Waals surface area contributed by atoms with Gasteiger partial charge < -0.3 is 15.4 Å². The largest absolute Gasteiger partial charge is 0.481 e. The Morgan fingerprint density at radius 3 is 2.64 bits per heavy atom. The molecule has 1 aliphatic rings. The van der Waals surface area contributed by atoms with E-state index in [1.807, 2.05) is 30.3 Å². The molecule has 2 amide bonds. The van der Waals surface area contributed by atoms with E-state index in [4.69, 9.17) is 4.74 Å². The second kappa shape index (κ2) is 11.0. The van der Waals surface area contributed by atoms with E-state index in [0.717, 1.165) is 11.1 Å². The van der Waals surface area contributed by atoms with Crippen molar-refractivity contribution < 1.29 is 23.1 Å². The third kappa shape index (κ3) is 7.10. The number of nitrogens with one attached hydrogen (secondary N) is 2. The molecule has 1 aromatic carbocycles. The van der Waals surface area contributed by atoms with Gasteiger partial charge in [0.25, 0.3) is 5.91 Å². The summed E-state index contributed by atoms with van der Waals surface area (Å²) < 4.78 is 32.0. The zero-order chi connectivity index (χ0) is 23.8. The van der Waals surface area contributed by atoms with E-state index in [1.165, 1.54) is 13.3 Å². The van der Waals surface area contributed by atoms with E-state index in [-0.39, 0.29) is 37.0 Å². The number of pyridine rings is 1. The summed E-state index contributed by atoms with van der Waals surface area (Å²) in [7, 11) is 3.08. The number of halogens is 2. The summed E-state index contributed by atoms with van der Waals surface area (Å²) in [4.78, 5) is 28.5. The van der Waals surface area contributed by atoms with Gasteiger partial charge in [-0.1, -0.05) is 36.4 Å². The zero-order valence-electron chi connectivity index (χ0n) is 18.9. The zero-order valence-corrected chi connectivity index (χ0v) is 18.9. The second-order valence-corrected chi connectivity index (χ2v) is 8.23. The van der Waals surface area contributed by atoms with Crippen molar-refractivity contribution in [3.05, 3.63) is 64.9 Å². The lowest BCUT2D eigenvalue weighted by Gasteiger charge is -2.26. The van der Waals surface area contributed by atoms with E-state index in [0.29, 0.717) is 36.4 Å². The predicted molar refractivity (Wildman–Crippen MR) is 122 cm³/mol. The van der Waals surface area contributed by atoms with Crippen LogP contribution < -0.4 is 15.4 Å². The first-order valence-electron chi connectivity index (χ1n) is 11.0. The minimum absolute atomic E-state index is 0.0638. The molecule has 1 saturated carbocycles. The van der Waals surface area contributed by atoms with Gasteiger partial charge in [-0.15, -0.1) is 0 Å². The Morgan fingerprint density at radius 1 is 1.21 bits per heavy atom. The van der Waals surface area contributed by atoms with Crippen molar-refractivity contribution in [2.24, 2.45) is 5.92 Å². The third-order valence-corrected chi connectivity index (χ3v) is 5.73. The van der Waals surface area contributed by atoms with Crippen LogP contribution in [0.2, 0.25) is 0 Å². The van der Waals surface area contributed by atoms with Gasteiger partial charge in [-0.05, 0) is 36.0 Å². The van der Waals surface area contributed by atoms with Crippen molar-refractivity contribution >= 4 is 17.9 Å². The van der Waals surface area contributed by atoms with Crippen LogP contribution in [0, 0.1) is 5.92 Å². The average Bonchev–Trinajstić information content (AvgIpc) is 2.81. The van der Waals surface area contributed by atoms with Crippen molar-refractivity contribution in [2.45, 2.75) is 44.6 Å². The van der Waals surface area contributed by atoms with Gasteiger partial charge >= 0.3 is 0 Å². The van der Waals surface area contributed by atoms with Crippen LogP contribution in [0.5, 0.6) is 5.88 Å². The average molecular weight is 458 g/mol. The van der Waals surface area contributed by atoms with Crippen LogP contribution >= 0.6 is 0 Å². The number of nitrogens with zero attached hydrogens (tertiary/aromatic N) is 1. The number of benzene rings is 1. The molecule has 1 fully saturated rings. The molecule has 1 aromatic heterocycles. The molecule has 0 radical (unpaired) electrons. The third-order valence-electron chi connectivity index (χ3n) is 5.73. The van der Waals surface area contributed by atoms with Crippen LogP contribution in [0.4, 0.5) is 8.78 Å². The van der Waals surface area contributed by atoms with Gasteiger partial charge in [-0.2, -0.15) is 0 Å². The van der Waals surface area contributed by atoms with Crippen molar-refractivity contribution in [1.29, 1.82) is 0 Å². The Labute approximate surface area is 192 Å². The first-order chi connectivity index (χ1) is 15.8. The predicted octanol–water partition coefficient (Wildman–Crippen LogP) is 4.15. The molecule has 0 bridgehead atoms. The number of aromatic nitrogens is 1. The quantitative estimate of drug-likeness (QED) is 0.624. The highest BCUT2D eigenvalue weighted by Gasteiger charge is 2.33. The lowest BCUT2D eigenvalue weighted by Crippen LogP contribution is -2.24. The molecule has 176 valence electrons. The number of hydrogen-bond donors (Lipinski definition) is 2. The first-order valence-corrected chi connectivity index (χ1v) is 11.0. The summed E-state index contributed by atoms with van der Waals surface area (Å²) in [6.45, 7) is 0.300. The molecule has 3 rings (SSSR count). The number of ether oxygens (including phenoxy) is 1. The number of methoxy groups -OCH3 is 1. The summed E-state index contributed by atoms with van der Waals surface area (Å²) in [5.41, 5.74) is 2.72. The molecule has 2 N–H and O–H groups in total. The highest BCUT2D eigenvalue weighted by Crippen LogP contribution is 2.37. The maximum absolute atomic E-state index is 13.4. The highest BCUT2D eigenvalue weighted by atomic mass is 19.3. The van der Waals surface area contributed by atoms with Crippen LogP contribution in [0.1, 0.15) is 52.7 Å². The van der Waals surface area contributed by atoms with Gasteiger partial charge in [0.15, 0.2) is 0 Å². The van der Waals surface area contributed by atoms with Gasteiger partial charge in [-0.25, -0.2) is 13.8 Å². The fraction of sp³-hybridized carbons (Fsp3) is 0.400.